The quantitative estimate of drug-likeness (QED) is 0.283. The zero-order valence-corrected chi connectivity index (χ0v) is 19.6. The monoisotopic (exact) mass is 484 g/mol. The van der Waals surface area contributed by atoms with Crippen molar-refractivity contribution >= 4 is 21.9 Å². The van der Waals surface area contributed by atoms with E-state index in [1.165, 1.54) is 0 Å². The van der Waals surface area contributed by atoms with Crippen LogP contribution >= 0.6 is 0 Å². The predicted octanol–water partition coefficient (Wildman–Crippen LogP) is 6.40. The van der Waals surface area contributed by atoms with Crippen molar-refractivity contribution in [1.29, 1.82) is 0 Å². The van der Waals surface area contributed by atoms with Gasteiger partial charge in [0.1, 0.15) is 12.4 Å². The van der Waals surface area contributed by atoms with Gasteiger partial charge in [0.2, 0.25) is 0 Å². The molecule has 6 heterocycles. The maximum Gasteiger partial charge on any atom is 0.181 e. The normalized spacial score (nSPS) is 11.4. The van der Waals surface area contributed by atoms with Crippen LogP contribution in [0, 0.1) is 0 Å². The van der Waals surface area contributed by atoms with E-state index in [9.17, 15) is 0 Å². The molecule has 0 unspecified atom stereocenters. The highest BCUT2D eigenvalue weighted by atomic mass is 16.5. The van der Waals surface area contributed by atoms with Gasteiger partial charge in [-0.3, -0.25) is 15.1 Å². The van der Waals surface area contributed by atoms with Crippen LogP contribution in [-0.2, 0) is 6.61 Å². The van der Waals surface area contributed by atoms with Gasteiger partial charge in [-0.05, 0) is 29.8 Å². The Balaban J connectivity index is 1.24. The zero-order valence-electron chi connectivity index (χ0n) is 19.6. The molecule has 0 bridgehead atoms. The Labute approximate surface area is 211 Å². The Morgan fingerprint density at radius 2 is 1.70 bits per heavy atom. The minimum Gasteiger partial charge on any atom is -0.487 e. The molecule has 0 saturated carbocycles. The van der Waals surface area contributed by atoms with Crippen LogP contribution in [0.1, 0.15) is 5.56 Å². The zero-order chi connectivity index (χ0) is 24.6. The second kappa shape index (κ2) is 8.76. The molecule has 0 aliphatic heterocycles. The van der Waals surface area contributed by atoms with Gasteiger partial charge in [0, 0.05) is 51.6 Å². The minimum atomic E-state index is 0.477. The summed E-state index contributed by atoms with van der Waals surface area (Å²) in [7, 11) is 0. The third-order valence-electron chi connectivity index (χ3n) is 6.35. The Morgan fingerprint density at radius 3 is 2.59 bits per heavy atom. The molecule has 178 valence electrons. The van der Waals surface area contributed by atoms with E-state index in [-0.39, 0.29) is 0 Å². The molecule has 0 saturated heterocycles. The molecular weight excluding hydrogens is 464 g/mol. The molecular formula is C29H20N6O2. The molecule has 8 nitrogen and oxygen atoms in total. The van der Waals surface area contributed by atoms with Crippen LogP contribution in [0.3, 0.4) is 0 Å². The van der Waals surface area contributed by atoms with Gasteiger partial charge in [0.15, 0.2) is 5.65 Å². The SMILES string of the molecule is c1ccc(COc2cncc(-c3cnc4n[nH]c(-c5cc6c(-c7ccoc7)cncc6[nH]5)c4c3)c2)cc1. The third kappa shape index (κ3) is 3.90. The van der Waals surface area contributed by atoms with E-state index >= 15 is 0 Å². The van der Waals surface area contributed by atoms with Crippen LogP contribution in [0.4, 0.5) is 0 Å². The van der Waals surface area contributed by atoms with Gasteiger partial charge in [-0.1, -0.05) is 30.3 Å². The van der Waals surface area contributed by atoms with Crippen molar-refractivity contribution in [2.24, 2.45) is 0 Å². The molecule has 8 heteroatoms. The molecule has 7 aromatic rings. The van der Waals surface area contributed by atoms with E-state index in [2.05, 4.69) is 42.3 Å². The van der Waals surface area contributed by atoms with Crippen molar-refractivity contribution in [3.8, 4) is 39.4 Å². The molecule has 0 radical (unpaired) electrons. The van der Waals surface area contributed by atoms with Crippen molar-refractivity contribution in [3.05, 3.63) is 104 Å². The summed E-state index contributed by atoms with van der Waals surface area (Å²) in [6.07, 6.45) is 12.4. The Morgan fingerprint density at radius 1 is 0.811 bits per heavy atom. The highest BCUT2D eigenvalue weighted by Gasteiger charge is 2.15. The number of hydrogen-bond donors (Lipinski definition) is 2. The van der Waals surface area contributed by atoms with Gasteiger partial charge in [-0.25, -0.2) is 4.98 Å². The fourth-order valence-electron chi connectivity index (χ4n) is 4.49. The molecule has 37 heavy (non-hydrogen) atoms. The number of ether oxygens (including phenoxy) is 1. The number of aromatic nitrogens is 6. The van der Waals surface area contributed by atoms with Crippen molar-refractivity contribution in [1.82, 2.24) is 30.1 Å². The van der Waals surface area contributed by atoms with E-state index in [0.717, 1.165) is 55.5 Å². The summed E-state index contributed by atoms with van der Waals surface area (Å²) in [5.74, 6) is 0.698. The largest absolute Gasteiger partial charge is 0.487 e. The summed E-state index contributed by atoms with van der Waals surface area (Å²) >= 11 is 0. The molecule has 6 aromatic heterocycles. The number of nitrogens with one attached hydrogen (secondary N) is 2. The van der Waals surface area contributed by atoms with E-state index < -0.39 is 0 Å². The second-order valence-corrected chi connectivity index (χ2v) is 8.72. The average molecular weight is 485 g/mol. The summed E-state index contributed by atoms with van der Waals surface area (Å²) in [6.45, 7) is 0.477. The van der Waals surface area contributed by atoms with Gasteiger partial charge in [-0.2, -0.15) is 5.10 Å². The lowest BCUT2D eigenvalue weighted by Gasteiger charge is -2.08. The lowest BCUT2D eigenvalue weighted by atomic mass is 10.1. The first-order chi connectivity index (χ1) is 18.3. The fourth-order valence-corrected chi connectivity index (χ4v) is 4.49. The molecule has 0 aliphatic rings. The summed E-state index contributed by atoms with van der Waals surface area (Å²) < 4.78 is 11.3. The molecule has 2 N–H and O–H groups in total. The van der Waals surface area contributed by atoms with Crippen molar-refractivity contribution in [2.45, 2.75) is 6.61 Å². The highest BCUT2D eigenvalue weighted by molar-refractivity contribution is 6.00. The van der Waals surface area contributed by atoms with Crippen LogP contribution in [0.5, 0.6) is 5.75 Å². The number of H-pyrrole nitrogens is 2. The summed E-state index contributed by atoms with van der Waals surface area (Å²) in [4.78, 5) is 16.8. The van der Waals surface area contributed by atoms with Crippen molar-refractivity contribution < 1.29 is 9.15 Å². The molecule has 1 aromatic carbocycles. The van der Waals surface area contributed by atoms with Crippen molar-refractivity contribution in [3.63, 3.8) is 0 Å². The first-order valence-electron chi connectivity index (χ1n) is 11.8. The third-order valence-corrected chi connectivity index (χ3v) is 6.35. The summed E-state index contributed by atoms with van der Waals surface area (Å²) in [5, 5.41) is 9.52. The van der Waals surface area contributed by atoms with Gasteiger partial charge in [-0.15, -0.1) is 0 Å². The lowest BCUT2D eigenvalue weighted by molar-refractivity contribution is 0.305. The average Bonchev–Trinajstić information content (AvgIpc) is 3.71. The van der Waals surface area contributed by atoms with Gasteiger partial charge in [0.25, 0.3) is 0 Å². The van der Waals surface area contributed by atoms with E-state index in [4.69, 9.17) is 9.15 Å². The van der Waals surface area contributed by atoms with Gasteiger partial charge >= 0.3 is 0 Å². The molecule has 7 rings (SSSR count). The number of furan rings is 1. The minimum absolute atomic E-state index is 0.477. The molecule has 0 atom stereocenters. The number of rotatable bonds is 6. The van der Waals surface area contributed by atoms with E-state index in [1.807, 2.05) is 61.1 Å². The highest BCUT2D eigenvalue weighted by Crippen LogP contribution is 2.34. The Kier molecular flexibility index (Phi) is 4.99. The molecule has 0 spiro atoms. The van der Waals surface area contributed by atoms with Crippen LogP contribution in [0.2, 0.25) is 0 Å². The van der Waals surface area contributed by atoms with Crippen LogP contribution < -0.4 is 4.74 Å². The van der Waals surface area contributed by atoms with Crippen LogP contribution in [-0.4, -0.2) is 30.1 Å². The predicted molar refractivity (Wildman–Crippen MR) is 141 cm³/mol. The first kappa shape index (κ1) is 21.1. The number of nitrogens with zero attached hydrogens (tertiary/aromatic N) is 4. The molecule has 0 fully saturated rings. The molecule has 0 amide bonds. The summed E-state index contributed by atoms with van der Waals surface area (Å²) in [5.41, 5.74) is 8.21. The second-order valence-electron chi connectivity index (χ2n) is 8.72. The number of fused-ring (bicyclic) bond motifs is 2. The van der Waals surface area contributed by atoms with E-state index in [1.54, 1.807) is 24.9 Å². The first-order valence-corrected chi connectivity index (χ1v) is 11.8. The Hall–Kier alpha value is -5.24. The number of hydrogen-bond acceptors (Lipinski definition) is 6. The van der Waals surface area contributed by atoms with Gasteiger partial charge < -0.3 is 14.1 Å². The molecule has 0 aliphatic carbocycles. The van der Waals surface area contributed by atoms with Crippen LogP contribution in [0.25, 0.3) is 55.6 Å². The van der Waals surface area contributed by atoms with Crippen LogP contribution in [0.15, 0.2) is 103 Å². The lowest BCUT2D eigenvalue weighted by Crippen LogP contribution is -1.96. The maximum absolute atomic E-state index is 5.98. The number of pyridine rings is 3. The van der Waals surface area contributed by atoms with Gasteiger partial charge in [0.05, 0.1) is 41.8 Å². The topological polar surface area (TPSA) is 106 Å². The Bertz CT molecular complexity index is 1840. The fraction of sp³-hybridized carbons (Fsp3) is 0.0345. The van der Waals surface area contributed by atoms with E-state index in [0.29, 0.717) is 18.0 Å². The summed E-state index contributed by atoms with van der Waals surface area (Å²) in [6, 6.07) is 18.1. The standard InChI is InChI=1S/C29H20N6O2/c1-2-4-18(5-3-1)16-37-22-8-20(11-30-13-22)21-9-24-28(34-35-29(24)32-12-21)26-10-23-25(19-6-7-36-17-19)14-31-15-27(23)33-26/h1-15,17,33H,16H2,(H,32,34,35). The maximum atomic E-state index is 5.98. The number of benzene rings is 1. The number of aromatic amines is 2. The van der Waals surface area contributed by atoms with Crippen molar-refractivity contribution in [2.75, 3.05) is 0 Å². The smallest absolute Gasteiger partial charge is 0.181 e.